The minimum Gasteiger partial charge on any atom is -0.395 e. The molecule has 0 aromatic heterocycles. The summed E-state index contributed by atoms with van der Waals surface area (Å²) in [4.78, 5) is 0. The van der Waals surface area contributed by atoms with Gasteiger partial charge in [0.05, 0.1) is 6.61 Å². The summed E-state index contributed by atoms with van der Waals surface area (Å²) in [5, 5.41) is 11.6. The third-order valence-electron chi connectivity index (χ3n) is 2.49. The fraction of sp³-hybridized carbons (Fsp3) is 1.00. The van der Waals surface area contributed by atoms with Gasteiger partial charge >= 0.3 is 0 Å². The van der Waals surface area contributed by atoms with Gasteiger partial charge in [-0.2, -0.15) is 0 Å². The molecule has 0 amide bonds. The molecule has 1 saturated carbocycles. The van der Waals surface area contributed by atoms with Crippen LogP contribution in [0.5, 0.6) is 0 Å². The standard InChI is InChI=1S/C9H19NO/c1-8-7-9(8)3-2-4-10-5-6-11/h8-11H,2-7H2,1H3. The van der Waals surface area contributed by atoms with E-state index in [0.717, 1.165) is 24.9 Å². The van der Waals surface area contributed by atoms with Gasteiger partial charge < -0.3 is 10.4 Å². The Morgan fingerprint density at radius 1 is 1.45 bits per heavy atom. The van der Waals surface area contributed by atoms with Crippen LogP contribution in [-0.4, -0.2) is 24.8 Å². The Labute approximate surface area is 69.0 Å². The van der Waals surface area contributed by atoms with E-state index in [0.29, 0.717) is 0 Å². The first-order valence-electron chi connectivity index (χ1n) is 4.66. The summed E-state index contributed by atoms with van der Waals surface area (Å²) in [6.07, 6.45) is 4.09. The maximum atomic E-state index is 8.47. The van der Waals surface area contributed by atoms with Crippen molar-refractivity contribution in [2.45, 2.75) is 26.2 Å². The molecule has 1 aliphatic carbocycles. The van der Waals surface area contributed by atoms with Crippen LogP contribution in [0.4, 0.5) is 0 Å². The van der Waals surface area contributed by atoms with Gasteiger partial charge in [0.25, 0.3) is 0 Å². The summed E-state index contributed by atoms with van der Waals surface area (Å²) in [5.74, 6) is 2.01. The fourth-order valence-corrected chi connectivity index (χ4v) is 1.49. The van der Waals surface area contributed by atoms with E-state index in [1.165, 1.54) is 19.3 Å². The molecule has 2 atom stereocenters. The maximum Gasteiger partial charge on any atom is 0.0555 e. The lowest BCUT2D eigenvalue weighted by molar-refractivity contribution is 0.292. The van der Waals surface area contributed by atoms with Crippen LogP contribution in [0, 0.1) is 11.8 Å². The lowest BCUT2D eigenvalue weighted by Gasteiger charge is -2.00. The van der Waals surface area contributed by atoms with E-state index in [1.54, 1.807) is 0 Å². The van der Waals surface area contributed by atoms with Crippen molar-refractivity contribution in [2.75, 3.05) is 19.7 Å². The van der Waals surface area contributed by atoms with Crippen molar-refractivity contribution in [1.82, 2.24) is 5.32 Å². The number of aliphatic hydroxyl groups is 1. The van der Waals surface area contributed by atoms with Gasteiger partial charge in [-0.05, 0) is 37.6 Å². The first-order chi connectivity index (χ1) is 5.34. The highest BCUT2D eigenvalue weighted by Crippen LogP contribution is 2.40. The van der Waals surface area contributed by atoms with E-state index in [-0.39, 0.29) is 6.61 Å². The monoisotopic (exact) mass is 157 g/mol. The zero-order valence-electron chi connectivity index (χ0n) is 7.34. The minimum atomic E-state index is 0.264. The van der Waals surface area contributed by atoms with Gasteiger partial charge in [0.1, 0.15) is 0 Å². The van der Waals surface area contributed by atoms with Crippen LogP contribution in [0.25, 0.3) is 0 Å². The van der Waals surface area contributed by atoms with Gasteiger partial charge in [0.15, 0.2) is 0 Å². The fourth-order valence-electron chi connectivity index (χ4n) is 1.49. The predicted octanol–water partition coefficient (Wildman–Crippen LogP) is 1.00. The highest BCUT2D eigenvalue weighted by molar-refractivity contribution is 4.81. The van der Waals surface area contributed by atoms with Crippen LogP contribution in [0.1, 0.15) is 26.2 Å². The van der Waals surface area contributed by atoms with Crippen LogP contribution in [0.2, 0.25) is 0 Å². The number of nitrogens with one attached hydrogen (secondary N) is 1. The van der Waals surface area contributed by atoms with Crippen LogP contribution in [-0.2, 0) is 0 Å². The van der Waals surface area contributed by atoms with Crippen LogP contribution < -0.4 is 5.32 Å². The average Bonchev–Trinajstić information content (AvgIpc) is 2.67. The van der Waals surface area contributed by atoms with Gasteiger partial charge in [-0.25, -0.2) is 0 Å². The maximum absolute atomic E-state index is 8.47. The van der Waals surface area contributed by atoms with Crippen molar-refractivity contribution in [3.63, 3.8) is 0 Å². The van der Waals surface area contributed by atoms with Gasteiger partial charge in [0.2, 0.25) is 0 Å². The molecule has 1 rings (SSSR count). The molecule has 0 spiro atoms. The summed E-state index contributed by atoms with van der Waals surface area (Å²) >= 11 is 0. The lowest BCUT2D eigenvalue weighted by Crippen LogP contribution is -2.19. The molecular weight excluding hydrogens is 138 g/mol. The summed E-state index contributed by atoms with van der Waals surface area (Å²) < 4.78 is 0. The van der Waals surface area contributed by atoms with E-state index < -0.39 is 0 Å². The van der Waals surface area contributed by atoms with E-state index in [2.05, 4.69) is 12.2 Å². The number of rotatable bonds is 6. The second-order valence-corrected chi connectivity index (χ2v) is 3.59. The van der Waals surface area contributed by atoms with Crippen LogP contribution >= 0.6 is 0 Å². The lowest BCUT2D eigenvalue weighted by atomic mass is 10.2. The number of aliphatic hydroxyl groups excluding tert-OH is 1. The molecule has 66 valence electrons. The van der Waals surface area contributed by atoms with Gasteiger partial charge in [-0.3, -0.25) is 0 Å². The minimum absolute atomic E-state index is 0.264. The Bertz CT molecular complexity index is 106. The molecular formula is C9H19NO. The molecule has 0 heterocycles. The second-order valence-electron chi connectivity index (χ2n) is 3.59. The number of hydrogen-bond acceptors (Lipinski definition) is 2. The Morgan fingerprint density at radius 3 is 2.73 bits per heavy atom. The van der Waals surface area contributed by atoms with E-state index >= 15 is 0 Å². The topological polar surface area (TPSA) is 32.3 Å². The smallest absolute Gasteiger partial charge is 0.0555 e. The van der Waals surface area contributed by atoms with E-state index in [4.69, 9.17) is 5.11 Å². The molecule has 2 nitrogen and oxygen atoms in total. The van der Waals surface area contributed by atoms with Gasteiger partial charge in [0, 0.05) is 6.54 Å². The molecule has 11 heavy (non-hydrogen) atoms. The molecule has 2 heteroatoms. The van der Waals surface area contributed by atoms with Crippen molar-refractivity contribution in [3.05, 3.63) is 0 Å². The van der Waals surface area contributed by atoms with Crippen molar-refractivity contribution in [1.29, 1.82) is 0 Å². The molecule has 0 radical (unpaired) electrons. The normalized spacial score (nSPS) is 28.9. The largest absolute Gasteiger partial charge is 0.395 e. The molecule has 2 unspecified atom stereocenters. The van der Waals surface area contributed by atoms with Crippen molar-refractivity contribution in [2.24, 2.45) is 11.8 Å². The number of hydrogen-bond donors (Lipinski definition) is 2. The van der Waals surface area contributed by atoms with E-state index in [9.17, 15) is 0 Å². The molecule has 0 aliphatic heterocycles. The molecule has 0 saturated heterocycles. The Kier molecular flexibility index (Phi) is 3.87. The average molecular weight is 157 g/mol. The summed E-state index contributed by atoms with van der Waals surface area (Å²) in [5.41, 5.74) is 0. The quantitative estimate of drug-likeness (QED) is 0.564. The first-order valence-corrected chi connectivity index (χ1v) is 4.66. The van der Waals surface area contributed by atoms with Gasteiger partial charge in [-0.1, -0.05) is 6.92 Å². The summed E-state index contributed by atoms with van der Waals surface area (Å²) in [6, 6.07) is 0. The predicted molar refractivity (Wildman–Crippen MR) is 46.5 cm³/mol. The summed E-state index contributed by atoms with van der Waals surface area (Å²) in [7, 11) is 0. The zero-order chi connectivity index (χ0) is 8.10. The SMILES string of the molecule is CC1CC1CCCNCCO. The third kappa shape index (κ3) is 3.73. The molecule has 0 bridgehead atoms. The third-order valence-corrected chi connectivity index (χ3v) is 2.49. The van der Waals surface area contributed by atoms with Crippen LogP contribution in [0.15, 0.2) is 0 Å². The molecule has 2 N–H and O–H groups in total. The molecule has 0 aromatic rings. The second kappa shape index (κ2) is 4.73. The van der Waals surface area contributed by atoms with Crippen molar-refractivity contribution >= 4 is 0 Å². The molecule has 0 aromatic carbocycles. The Balaban J connectivity index is 1.74. The zero-order valence-corrected chi connectivity index (χ0v) is 7.34. The molecule has 1 aliphatic rings. The summed E-state index contributed by atoms with van der Waals surface area (Å²) in [6.45, 7) is 4.41. The highest BCUT2D eigenvalue weighted by atomic mass is 16.3. The first kappa shape index (κ1) is 9.01. The van der Waals surface area contributed by atoms with E-state index in [1.807, 2.05) is 0 Å². The Hall–Kier alpha value is -0.0800. The van der Waals surface area contributed by atoms with Crippen molar-refractivity contribution < 1.29 is 5.11 Å². The Morgan fingerprint density at radius 2 is 2.18 bits per heavy atom. The molecule has 1 fully saturated rings. The highest BCUT2D eigenvalue weighted by Gasteiger charge is 2.31. The van der Waals surface area contributed by atoms with Crippen molar-refractivity contribution in [3.8, 4) is 0 Å². The van der Waals surface area contributed by atoms with Gasteiger partial charge in [-0.15, -0.1) is 0 Å². The van der Waals surface area contributed by atoms with Crippen LogP contribution in [0.3, 0.4) is 0 Å².